The maximum atomic E-state index is 12.3. The Hall–Kier alpha value is -1.22. The van der Waals surface area contributed by atoms with Crippen LogP contribution in [0.1, 0.15) is 32.1 Å². The van der Waals surface area contributed by atoms with Crippen LogP contribution in [0.3, 0.4) is 0 Å². The Morgan fingerprint density at radius 2 is 2.11 bits per heavy atom. The van der Waals surface area contributed by atoms with E-state index < -0.39 is 0 Å². The maximum absolute atomic E-state index is 12.3. The van der Waals surface area contributed by atoms with Crippen molar-refractivity contribution in [3.63, 3.8) is 0 Å². The fraction of sp³-hybridized carbons (Fsp3) is 0.533. The Balaban J connectivity index is 1.81. The first-order valence-corrected chi connectivity index (χ1v) is 7.50. The lowest BCUT2D eigenvalue weighted by Gasteiger charge is -2.39. The number of carbonyl (C=O) groups excluding carboxylic acids is 1. The first kappa shape index (κ1) is 11.6. The zero-order valence-electron chi connectivity index (χ0n) is 10.7. The third-order valence-corrected chi connectivity index (χ3v) is 5.12. The molecule has 1 aromatic carbocycles. The van der Waals surface area contributed by atoms with Gasteiger partial charge in [-0.3, -0.25) is 4.79 Å². The zero-order chi connectivity index (χ0) is 13.0. The summed E-state index contributed by atoms with van der Waals surface area (Å²) >= 11 is 6.14. The van der Waals surface area contributed by atoms with Crippen molar-refractivity contribution in [1.82, 2.24) is 0 Å². The summed E-state index contributed by atoms with van der Waals surface area (Å²) in [7, 11) is 0. The van der Waals surface area contributed by atoms with E-state index in [1.807, 2.05) is 18.2 Å². The SMILES string of the molecule is O=C1Nc2ccc(Cl)cc2N2C1CC1CCCCC12. The maximum Gasteiger partial charge on any atom is 0.247 e. The van der Waals surface area contributed by atoms with Crippen LogP contribution < -0.4 is 10.2 Å². The minimum Gasteiger partial charge on any atom is -0.354 e. The van der Waals surface area contributed by atoms with Crippen LogP contribution in [0.5, 0.6) is 0 Å². The highest BCUT2D eigenvalue weighted by atomic mass is 35.5. The first-order valence-electron chi connectivity index (χ1n) is 7.13. The molecular weight excluding hydrogens is 260 g/mol. The van der Waals surface area contributed by atoms with Gasteiger partial charge in [-0.1, -0.05) is 24.4 Å². The Labute approximate surface area is 117 Å². The van der Waals surface area contributed by atoms with Crippen LogP contribution >= 0.6 is 11.6 Å². The predicted molar refractivity (Wildman–Crippen MR) is 76.7 cm³/mol. The van der Waals surface area contributed by atoms with Crippen LogP contribution in [0.4, 0.5) is 11.4 Å². The minimum absolute atomic E-state index is 0.0130. The number of hydrogen-bond acceptors (Lipinski definition) is 2. The van der Waals surface area contributed by atoms with Crippen molar-refractivity contribution in [2.45, 2.75) is 44.2 Å². The minimum atomic E-state index is 0.0130. The van der Waals surface area contributed by atoms with Gasteiger partial charge in [0.05, 0.1) is 11.4 Å². The summed E-state index contributed by atoms with van der Waals surface area (Å²) in [6.07, 6.45) is 6.07. The number of benzene rings is 1. The van der Waals surface area contributed by atoms with Crippen molar-refractivity contribution in [3.8, 4) is 0 Å². The van der Waals surface area contributed by atoms with Gasteiger partial charge in [0.25, 0.3) is 0 Å². The lowest BCUT2D eigenvalue weighted by Crippen LogP contribution is -2.48. The Morgan fingerprint density at radius 3 is 3.00 bits per heavy atom. The largest absolute Gasteiger partial charge is 0.354 e. The number of nitrogens with zero attached hydrogens (tertiary/aromatic N) is 1. The molecule has 1 aliphatic carbocycles. The van der Waals surface area contributed by atoms with Crippen molar-refractivity contribution < 1.29 is 4.79 Å². The van der Waals surface area contributed by atoms with E-state index in [0.29, 0.717) is 12.0 Å². The van der Waals surface area contributed by atoms with Crippen molar-refractivity contribution in [2.24, 2.45) is 5.92 Å². The molecule has 0 spiro atoms. The highest BCUT2D eigenvalue weighted by molar-refractivity contribution is 6.31. The molecule has 1 aromatic rings. The second kappa shape index (κ2) is 4.14. The van der Waals surface area contributed by atoms with Gasteiger partial charge in [0.1, 0.15) is 6.04 Å². The number of hydrogen-bond donors (Lipinski definition) is 1. The molecule has 0 aromatic heterocycles. The molecule has 3 nitrogen and oxygen atoms in total. The molecule has 2 fully saturated rings. The summed E-state index contributed by atoms with van der Waals surface area (Å²) in [5, 5.41) is 3.77. The van der Waals surface area contributed by atoms with E-state index in [2.05, 4.69) is 10.2 Å². The third kappa shape index (κ3) is 1.68. The fourth-order valence-electron chi connectivity index (χ4n) is 4.08. The molecule has 1 amide bonds. The Kier molecular flexibility index (Phi) is 2.52. The molecule has 3 unspecified atom stereocenters. The average Bonchev–Trinajstić information content (AvgIpc) is 2.80. The van der Waals surface area contributed by atoms with Gasteiger partial charge in [0.15, 0.2) is 0 Å². The standard InChI is InChI=1S/C15H17ClN2O/c16-10-5-6-11-13(8-10)18-12-4-2-1-3-9(12)7-14(18)15(19)17-11/h5-6,8-9,12,14H,1-4,7H2,(H,17,19). The van der Waals surface area contributed by atoms with Crippen molar-refractivity contribution in [1.29, 1.82) is 0 Å². The number of anilines is 2. The fourth-order valence-corrected chi connectivity index (χ4v) is 4.25. The second-order valence-electron chi connectivity index (χ2n) is 5.92. The Morgan fingerprint density at radius 1 is 1.26 bits per heavy atom. The highest BCUT2D eigenvalue weighted by Gasteiger charge is 2.47. The second-order valence-corrected chi connectivity index (χ2v) is 6.36. The smallest absolute Gasteiger partial charge is 0.247 e. The summed E-state index contributed by atoms with van der Waals surface area (Å²) < 4.78 is 0. The van der Waals surface area contributed by atoms with Crippen LogP contribution in [0.15, 0.2) is 18.2 Å². The van der Waals surface area contributed by atoms with Crippen LogP contribution in [0.25, 0.3) is 0 Å². The summed E-state index contributed by atoms with van der Waals surface area (Å²) in [4.78, 5) is 14.6. The van der Waals surface area contributed by atoms with Crippen LogP contribution in [0, 0.1) is 5.92 Å². The lowest BCUT2D eigenvalue weighted by atomic mass is 9.84. The van der Waals surface area contributed by atoms with E-state index in [-0.39, 0.29) is 11.9 Å². The summed E-state index contributed by atoms with van der Waals surface area (Å²) in [5.41, 5.74) is 2.03. The van der Waals surface area contributed by atoms with Crippen LogP contribution in [-0.2, 0) is 4.79 Å². The van der Waals surface area contributed by atoms with Gasteiger partial charge in [-0.15, -0.1) is 0 Å². The molecule has 3 atom stereocenters. The van der Waals surface area contributed by atoms with Gasteiger partial charge in [-0.05, 0) is 43.4 Å². The topological polar surface area (TPSA) is 32.3 Å². The number of rotatable bonds is 0. The Bertz CT molecular complexity index is 545. The molecule has 19 heavy (non-hydrogen) atoms. The van der Waals surface area contributed by atoms with Gasteiger partial charge < -0.3 is 10.2 Å². The van der Waals surface area contributed by atoms with Crippen LogP contribution in [0.2, 0.25) is 5.02 Å². The normalized spacial score (nSPS) is 32.4. The molecule has 100 valence electrons. The van der Waals surface area contributed by atoms with E-state index in [1.165, 1.54) is 25.7 Å². The molecule has 4 rings (SSSR count). The van der Waals surface area contributed by atoms with Gasteiger partial charge in [-0.25, -0.2) is 0 Å². The van der Waals surface area contributed by atoms with E-state index >= 15 is 0 Å². The third-order valence-electron chi connectivity index (χ3n) is 4.89. The van der Waals surface area contributed by atoms with E-state index in [1.54, 1.807) is 0 Å². The quantitative estimate of drug-likeness (QED) is 0.787. The molecular formula is C15H17ClN2O. The van der Waals surface area contributed by atoms with Gasteiger partial charge in [-0.2, -0.15) is 0 Å². The van der Waals surface area contributed by atoms with Crippen molar-refractivity contribution >= 4 is 28.9 Å². The monoisotopic (exact) mass is 276 g/mol. The van der Waals surface area contributed by atoms with Crippen molar-refractivity contribution in [3.05, 3.63) is 23.2 Å². The highest BCUT2D eigenvalue weighted by Crippen LogP contribution is 2.47. The zero-order valence-corrected chi connectivity index (χ0v) is 11.5. The number of carbonyl (C=O) groups is 1. The molecule has 2 heterocycles. The molecule has 3 aliphatic rings. The summed E-state index contributed by atoms with van der Waals surface area (Å²) in [5.74, 6) is 0.832. The predicted octanol–water partition coefficient (Wildman–Crippen LogP) is 3.43. The molecule has 0 radical (unpaired) electrons. The molecule has 1 N–H and O–H groups in total. The summed E-state index contributed by atoms with van der Waals surface area (Å²) in [6, 6.07) is 6.30. The van der Waals surface area contributed by atoms with Crippen LogP contribution in [-0.4, -0.2) is 18.0 Å². The number of fused-ring (bicyclic) bond motifs is 5. The number of halogens is 1. The lowest BCUT2D eigenvalue weighted by molar-refractivity contribution is -0.117. The van der Waals surface area contributed by atoms with E-state index in [4.69, 9.17) is 11.6 Å². The molecule has 2 aliphatic heterocycles. The number of amides is 1. The number of nitrogens with one attached hydrogen (secondary N) is 1. The van der Waals surface area contributed by atoms with E-state index in [0.717, 1.165) is 22.8 Å². The van der Waals surface area contributed by atoms with Crippen molar-refractivity contribution in [2.75, 3.05) is 10.2 Å². The molecule has 1 saturated carbocycles. The van der Waals surface area contributed by atoms with Gasteiger partial charge in [0, 0.05) is 11.1 Å². The summed E-state index contributed by atoms with van der Waals surface area (Å²) in [6.45, 7) is 0. The molecule has 1 saturated heterocycles. The van der Waals surface area contributed by atoms with Gasteiger partial charge in [0.2, 0.25) is 5.91 Å². The average molecular weight is 277 g/mol. The van der Waals surface area contributed by atoms with Gasteiger partial charge >= 0.3 is 0 Å². The first-order chi connectivity index (χ1) is 9.24. The van der Waals surface area contributed by atoms with E-state index in [9.17, 15) is 4.79 Å². The molecule has 0 bridgehead atoms. The molecule has 4 heteroatoms.